The van der Waals surface area contributed by atoms with Gasteiger partial charge in [-0.25, -0.2) is 0 Å². The molecule has 0 bridgehead atoms. The molecule has 2 aromatic rings. The monoisotopic (exact) mass is 230 g/mol. The van der Waals surface area contributed by atoms with Gasteiger partial charge >= 0.3 is 0 Å². The predicted molar refractivity (Wildman–Crippen MR) is 70.9 cm³/mol. The van der Waals surface area contributed by atoms with E-state index < -0.39 is 0 Å². The van der Waals surface area contributed by atoms with Crippen molar-refractivity contribution >= 4 is 17.0 Å². The minimum absolute atomic E-state index is 0.0939. The van der Waals surface area contributed by atoms with Crippen LogP contribution in [0.15, 0.2) is 34.3 Å². The molecule has 1 N–H and O–H groups in total. The van der Waals surface area contributed by atoms with Crippen LogP contribution in [0.25, 0.3) is 17.0 Å². The summed E-state index contributed by atoms with van der Waals surface area (Å²) >= 11 is 0. The summed E-state index contributed by atoms with van der Waals surface area (Å²) in [5.74, 6) is 1.24. The molecule has 90 valence electrons. The summed E-state index contributed by atoms with van der Waals surface area (Å²) in [4.78, 5) is 0. The number of para-hydroxylation sites is 1. The van der Waals surface area contributed by atoms with Crippen LogP contribution in [0.2, 0.25) is 0 Å². The first-order chi connectivity index (χ1) is 8.13. The first kappa shape index (κ1) is 11.9. The third kappa shape index (κ3) is 2.27. The Kier molecular flexibility index (Phi) is 3.34. The molecule has 1 heterocycles. The van der Waals surface area contributed by atoms with Gasteiger partial charge in [0.2, 0.25) is 0 Å². The number of fused-ring (bicyclic) bond motifs is 1. The molecule has 0 aliphatic rings. The van der Waals surface area contributed by atoms with Crippen LogP contribution in [-0.2, 0) is 0 Å². The van der Waals surface area contributed by atoms with Crippen molar-refractivity contribution in [1.29, 1.82) is 0 Å². The molecule has 0 saturated carbocycles. The van der Waals surface area contributed by atoms with Gasteiger partial charge in [0.05, 0.1) is 6.61 Å². The van der Waals surface area contributed by atoms with E-state index in [1.165, 1.54) is 0 Å². The molecule has 2 heteroatoms. The van der Waals surface area contributed by atoms with Gasteiger partial charge in [-0.1, -0.05) is 32.0 Å². The molecule has 0 saturated heterocycles. The van der Waals surface area contributed by atoms with Gasteiger partial charge in [-0.05, 0) is 30.6 Å². The minimum Gasteiger partial charge on any atom is -0.461 e. The van der Waals surface area contributed by atoms with Crippen molar-refractivity contribution in [1.82, 2.24) is 0 Å². The first-order valence-corrected chi connectivity index (χ1v) is 5.93. The number of hydrogen-bond acceptors (Lipinski definition) is 2. The highest BCUT2D eigenvalue weighted by Crippen LogP contribution is 2.28. The van der Waals surface area contributed by atoms with E-state index in [0.29, 0.717) is 5.92 Å². The van der Waals surface area contributed by atoms with Crippen LogP contribution >= 0.6 is 0 Å². The summed E-state index contributed by atoms with van der Waals surface area (Å²) < 4.78 is 5.70. The quantitative estimate of drug-likeness (QED) is 0.870. The Bertz CT molecular complexity index is 547. The molecule has 0 aliphatic carbocycles. The van der Waals surface area contributed by atoms with Gasteiger partial charge < -0.3 is 9.52 Å². The number of aryl methyl sites for hydroxylation is 1. The Labute approximate surface area is 102 Å². The van der Waals surface area contributed by atoms with Crippen LogP contribution in [0, 0.1) is 12.8 Å². The maximum absolute atomic E-state index is 9.36. The van der Waals surface area contributed by atoms with E-state index >= 15 is 0 Å². The zero-order valence-corrected chi connectivity index (χ0v) is 10.5. The summed E-state index contributed by atoms with van der Waals surface area (Å²) in [6, 6.07) is 7.98. The SMILES string of the molecule is Cc1oc2ccccc2c1/C=C(\CO)C(C)C. The van der Waals surface area contributed by atoms with E-state index in [1.807, 2.05) is 37.3 Å². The largest absolute Gasteiger partial charge is 0.461 e. The molecule has 1 aromatic carbocycles. The maximum atomic E-state index is 9.36. The molecule has 0 spiro atoms. The number of benzene rings is 1. The van der Waals surface area contributed by atoms with Gasteiger partial charge in [0, 0.05) is 10.9 Å². The zero-order valence-electron chi connectivity index (χ0n) is 10.5. The van der Waals surface area contributed by atoms with Crippen molar-refractivity contribution in [3.63, 3.8) is 0 Å². The van der Waals surface area contributed by atoms with Crippen LogP contribution < -0.4 is 0 Å². The van der Waals surface area contributed by atoms with E-state index in [2.05, 4.69) is 13.8 Å². The molecule has 2 nitrogen and oxygen atoms in total. The van der Waals surface area contributed by atoms with E-state index in [4.69, 9.17) is 4.42 Å². The lowest BCUT2D eigenvalue weighted by Gasteiger charge is -2.07. The Morgan fingerprint density at radius 3 is 2.71 bits per heavy atom. The van der Waals surface area contributed by atoms with Crippen LogP contribution in [0.1, 0.15) is 25.2 Å². The molecule has 17 heavy (non-hydrogen) atoms. The van der Waals surface area contributed by atoms with Crippen molar-refractivity contribution in [3.8, 4) is 0 Å². The maximum Gasteiger partial charge on any atom is 0.134 e. The van der Waals surface area contributed by atoms with Crippen LogP contribution in [0.3, 0.4) is 0 Å². The third-order valence-corrected chi connectivity index (χ3v) is 3.07. The summed E-state index contributed by atoms with van der Waals surface area (Å²) in [7, 11) is 0. The van der Waals surface area contributed by atoms with Gasteiger partial charge in [0.15, 0.2) is 0 Å². The second-order valence-corrected chi connectivity index (χ2v) is 4.60. The second-order valence-electron chi connectivity index (χ2n) is 4.60. The first-order valence-electron chi connectivity index (χ1n) is 5.93. The van der Waals surface area contributed by atoms with Gasteiger partial charge in [-0.15, -0.1) is 0 Å². The summed E-state index contributed by atoms with van der Waals surface area (Å²) in [5, 5.41) is 10.5. The summed E-state index contributed by atoms with van der Waals surface area (Å²) in [5.41, 5.74) is 3.01. The molecule has 0 radical (unpaired) electrons. The highest BCUT2D eigenvalue weighted by Gasteiger charge is 2.10. The average molecular weight is 230 g/mol. The van der Waals surface area contributed by atoms with Crippen molar-refractivity contribution in [3.05, 3.63) is 41.2 Å². The molecule has 0 fully saturated rings. The molecule has 1 aromatic heterocycles. The van der Waals surface area contributed by atoms with E-state index in [0.717, 1.165) is 27.9 Å². The molecular formula is C15H18O2. The fourth-order valence-corrected chi connectivity index (χ4v) is 1.95. The van der Waals surface area contributed by atoms with E-state index in [1.54, 1.807) is 0 Å². The fourth-order valence-electron chi connectivity index (χ4n) is 1.95. The topological polar surface area (TPSA) is 33.4 Å². The highest BCUT2D eigenvalue weighted by molar-refractivity contribution is 5.88. The van der Waals surface area contributed by atoms with E-state index in [9.17, 15) is 5.11 Å². The van der Waals surface area contributed by atoms with Gasteiger partial charge in [-0.2, -0.15) is 0 Å². The Morgan fingerprint density at radius 1 is 1.35 bits per heavy atom. The van der Waals surface area contributed by atoms with Crippen LogP contribution in [0.5, 0.6) is 0 Å². The number of aliphatic hydroxyl groups is 1. The number of furan rings is 1. The normalized spacial score (nSPS) is 12.6. The number of rotatable bonds is 3. The van der Waals surface area contributed by atoms with Crippen molar-refractivity contribution in [2.24, 2.45) is 5.92 Å². The van der Waals surface area contributed by atoms with Gasteiger partial charge in [-0.3, -0.25) is 0 Å². The molecule has 0 amide bonds. The predicted octanol–water partition coefficient (Wildman–Crippen LogP) is 3.77. The van der Waals surface area contributed by atoms with Gasteiger partial charge in [0.1, 0.15) is 11.3 Å². The van der Waals surface area contributed by atoms with Crippen LogP contribution in [-0.4, -0.2) is 11.7 Å². The van der Waals surface area contributed by atoms with Crippen molar-refractivity contribution < 1.29 is 9.52 Å². The highest BCUT2D eigenvalue weighted by atomic mass is 16.3. The summed E-state index contributed by atoms with van der Waals surface area (Å²) in [6.07, 6.45) is 2.05. The second kappa shape index (κ2) is 4.76. The van der Waals surface area contributed by atoms with Crippen molar-refractivity contribution in [2.45, 2.75) is 20.8 Å². The molecule has 0 aliphatic heterocycles. The molecule has 0 atom stereocenters. The third-order valence-electron chi connectivity index (χ3n) is 3.07. The standard InChI is InChI=1S/C15H18O2/c1-10(2)12(9-16)8-14-11(3)17-15-7-5-4-6-13(14)15/h4-8,10,16H,9H2,1-3H3/b12-8+. The number of hydrogen-bond donors (Lipinski definition) is 1. The molecule has 0 unspecified atom stereocenters. The Morgan fingerprint density at radius 2 is 2.06 bits per heavy atom. The minimum atomic E-state index is 0.0939. The smallest absolute Gasteiger partial charge is 0.134 e. The molecular weight excluding hydrogens is 212 g/mol. The summed E-state index contributed by atoms with van der Waals surface area (Å²) in [6.45, 7) is 6.22. The lowest BCUT2D eigenvalue weighted by atomic mass is 10.00. The molecule has 2 rings (SSSR count). The van der Waals surface area contributed by atoms with Gasteiger partial charge in [0.25, 0.3) is 0 Å². The lowest BCUT2D eigenvalue weighted by molar-refractivity contribution is 0.320. The lowest BCUT2D eigenvalue weighted by Crippen LogP contribution is -1.98. The van der Waals surface area contributed by atoms with E-state index in [-0.39, 0.29) is 6.61 Å². The Balaban J connectivity index is 2.58. The van der Waals surface area contributed by atoms with Crippen LogP contribution in [0.4, 0.5) is 0 Å². The zero-order chi connectivity index (χ0) is 12.4. The number of aliphatic hydroxyl groups excluding tert-OH is 1. The van der Waals surface area contributed by atoms with Crippen molar-refractivity contribution in [2.75, 3.05) is 6.61 Å². The Hall–Kier alpha value is -1.54. The average Bonchev–Trinajstić information content (AvgIpc) is 2.61. The fraction of sp³-hybridized carbons (Fsp3) is 0.333.